The van der Waals surface area contributed by atoms with E-state index < -0.39 is 11.2 Å². The van der Waals surface area contributed by atoms with Gasteiger partial charge >= 0.3 is 0 Å². The minimum absolute atomic E-state index is 0.0913. The van der Waals surface area contributed by atoms with Crippen molar-refractivity contribution in [1.29, 1.82) is 5.26 Å². The van der Waals surface area contributed by atoms with Gasteiger partial charge in [-0.3, -0.25) is 14.5 Å². The van der Waals surface area contributed by atoms with Gasteiger partial charge in [-0.15, -0.1) is 6.58 Å². The van der Waals surface area contributed by atoms with Gasteiger partial charge in [-0.1, -0.05) is 42.1 Å². The van der Waals surface area contributed by atoms with Crippen LogP contribution in [0, 0.1) is 18.3 Å². The summed E-state index contributed by atoms with van der Waals surface area (Å²) in [5.74, 6) is -0.0152. The van der Waals surface area contributed by atoms with E-state index in [0.29, 0.717) is 29.5 Å². The number of rotatable bonds is 8. The molecule has 1 saturated heterocycles. The van der Waals surface area contributed by atoms with Crippen LogP contribution in [0.25, 0.3) is 0 Å². The minimum atomic E-state index is -0.532. The molecule has 1 aliphatic rings. The highest BCUT2D eigenvalue weighted by molar-refractivity contribution is 8.05. The number of aryl methyl sites for hydroxylation is 1. The molecule has 1 N–H and O–H groups in total. The lowest BCUT2D eigenvalue weighted by atomic mass is 10.0. The molecule has 7 heteroatoms. The van der Waals surface area contributed by atoms with Gasteiger partial charge in [0.15, 0.2) is 0 Å². The second-order valence-corrected chi connectivity index (χ2v) is 8.32. The smallest absolute Gasteiger partial charge is 0.264 e. The van der Waals surface area contributed by atoms with Gasteiger partial charge in [0.05, 0.1) is 11.9 Å². The number of hydrogen-bond donors (Lipinski definition) is 1. The number of nitrogens with zero attached hydrogens (tertiary/aromatic N) is 2. The topological polar surface area (TPSA) is 82.4 Å². The average Bonchev–Trinajstić information content (AvgIpc) is 3.11. The number of anilines is 1. The predicted octanol–water partition coefficient (Wildman–Crippen LogP) is 4.12. The van der Waals surface area contributed by atoms with Gasteiger partial charge in [0.1, 0.15) is 22.4 Å². The molecule has 3 rings (SSSR count). The molecule has 1 atom stereocenters. The number of hydrogen-bond acceptors (Lipinski definition) is 5. The van der Waals surface area contributed by atoms with E-state index in [0.717, 1.165) is 11.1 Å². The summed E-state index contributed by atoms with van der Waals surface area (Å²) in [5.41, 5.74) is 2.64. The van der Waals surface area contributed by atoms with Crippen LogP contribution in [0.15, 0.2) is 71.8 Å². The molecule has 1 heterocycles. The van der Waals surface area contributed by atoms with Gasteiger partial charge in [0, 0.05) is 12.2 Å². The molecule has 2 aromatic rings. The van der Waals surface area contributed by atoms with Crippen LogP contribution in [0.4, 0.5) is 5.69 Å². The maximum absolute atomic E-state index is 13.5. The monoisotopic (exact) mass is 447 g/mol. The van der Waals surface area contributed by atoms with Gasteiger partial charge in [-0.05, 0) is 55.7 Å². The van der Waals surface area contributed by atoms with Crippen molar-refractivity contribution in [3.05, 3.63) is 82.9 Å². The summed E-state index contributed by atoms with van der Waals surface area (Å²) in [7, 11) is 0. The Kier molecular flexibility index (Phi) is 7.74. The van der Waals surface area contributed by atoms with Gasteiger partial charge < -0.3 is 10.1 Å². The molecule has 0 radical (unpaired) electrons. The molecule has 0 aliphatic carbocycles. The maximum Gasteiger partial charge on any atom is 0.264 e. The van der Waals surface area contributed by atoms with E-state index in [1.54, 1.807) is 24.3 Å². The largest absolute Gasteiger partial charge is 0.494 e. The summed E-state index contributed by atoms with van der Waals surface area (Å²) in [6.07, 6.45) is 2.04. The molecule has 1 fully saturated rings. The van der Waals surface area contributed by atoms with E-state index in [4.69, 9.17) is 4.74 Å². The number of amides is 2. The standard InChI is InChI=1S/C25H25N3O3S/c1-4-14-27-23(29)21(16-26)25-28(19-10-12-20(13-11-19)31-5-2)24(30)22(32-25)15-18-9-7-6-8-17(18)3/h4,6-13,22H,1,5,14-15H2,2-3H3,(H,27,29)/b25-21-. The Hall–Kier alpha value is -3.50. The molecule has 0 aromatic heterocycles. The molecule has 6 nitrogen and oxygen atoms in total. The fourth-order valence-corrected chi connectivity index (χ4v) is 4.67. The highest BCUT2D eigenvalue weighted by Crippen LogP contribution is 2.42. The van der Waals surface area contributed by atoms with Crippen LogP contribution < -0.4 is 15.0 Å². The van der Waals surface area contributed by atoms with Crippen LogP contribution in [0.1, 0.15) is 18.1 Å². The molecule has 164 valence electrons. The molecular weight excluding hydrogens is 422 g/mol. The van der Waals surface area contributed by atoms with Crippen molar-refractivity contribution in [2.24, 2.45) is 0 Å². The quantitative estimate of drug-likeness (QED) is 0.374. The first kappa shape index (κ1) is 23.2. The Labute approximate surface area is 192 Å². The van der Waals surface area contributed by atoms with Crippen LogP contribution in [-0.2, 0) is 16.0 Å². The first-order valence-electron chi connectivity index (χ1n) is 10.3. The second-order valence-electron chi connectivity index (χ2n) is 7.13. The SMILES string of the molecule is C=CCNC(=O)/C(C#N)=C1\SC(Cc2ccccc2C)C(=O)N1c1ccc(OCC)cc1. The van der Waals surface area contributed by atoms with Crippen LogP contribution in [0.3, 0.4) is 0 Å². The Morgan fingerprint density at radius 2 is 2.00 bits per heavy atom. The normalized spacial score (nSPS) is 17.0. The summed E-state index contributed by atoms with van der Waals surface area (Å²) in [6, 6.07) is 17.0. The van der Waals surface area contributed by atoms with E-state index in [1.165, 1.54) is 22.7 Å². The van der Waals surface area contributed by atoms with E-state index in [-0.39, 0.29) is 18.0 Å². The van der Waals surface area contributed by atoms with E-state index in [2.05, 4.69) is 11.9 Å². The Morgan fingerprint density at radius 3 is 2.62 bits per heavy atom. The number of benzene rings is 2. The van der Waals surface area contributed by atoms with Gasteiger partial charge in [-0.25, -0.2) is 0 Å². The highest BCUT2D eigenvalue weighted by atomic mass is 32.2. The summed E-state index contributed by atoms with van der Waals surface area (Å²) >= 11 is 1.25. The lowest BCUT2D eigenvalue weighted by Gasteiger charge is -2.19. The molecular formula is C25H25N3O3S. The van der Waals surface area contributed by atoms with E-state index >= 15 is 0 Å². The van der Waals surface area contributed by atoms with Crippen molar-refractivity contribution < 1.29 is 14.3 Å². The molecule has 2 aromatic carbocycles. The lowest BCUT2D eigenvalue weighted by Crippen LogP contribution is -2.32. The third-order valence-corrected chi connectivity index (χ3v) is 6.25. The van der Waals surface area contributed by atoms with Crippen LogP contribution in [-0.4, -0.2) is 30.2 Å². The minimum Gasteiger partial charge on any atom is -0.494 e. The maximum atomic E-state index is 13.5. The highest BCUT2D eigenvalue weighted by Gasteiger charge is 2.40. The van der Waals surface area contributed by atoms with Crippen LogP contribution in [0.2, 0.25) is 0 Å². The van der Waals surface area contributed by atoms with Crippen molar-refractivity contribution in [3.8, 4) is 11.8 Å². The molecule has 0 bridgehead atoms. The average molecular weight is 448 g/mol. The molecule has 1 unspecified atom stereocenters. The predicted molar refractivity (Wildman–Crippen MR) is 127 cm³/mol. The Bertz CT molecular complexity index is 1090. The first-order valence-corrected chi connectivity index (χ1v) is 11.2. The van der Waals surface area contributed by atoms with E-state index in [9.17, 15) is 14.9 Å². The fourth-order valence-electron chi connectivity index (χ4n) is 3.37. The number of carbonyl (C=O) groups excluding carboxylic acids is 2. The lowest BCUT2D eigenvalue weighted by molar-refractivity contribution is -0.117. The molecule has 2 amide bonds. The van der Waals surface area contributed by atoms with Crippen molar-refractivity contribution in [1.82, 2.24) is 5.32 Å². The number of ether oxygens (including phenoxy) is 1. The number of carbonyl (C=O) groups is 2. The third kappa shape index (κ3) is 5.04. The zero-order chi connectivity index (χ0) is 23.1. The molecule has 0 saturated carbocycles. The zero-order valence-corrected chi connectivity index (χ0v) is 18.9. The number of thioether (sulfide) groups is 1. The summed E-state index contributed by atoms with van der Waals surface area (Å²) in [5, 5.41) is 12.3. The van der Waals surface area contributed by atoms with Crippen LogP contribution >= 0.6 is 11.8 Å². The first-order chi connectivity index (χ1) is 15.5. The molecule has 1 aliphatic heterocycles. The fraction of sp³-hybridized carbons (Fsp3) is 0.240. The summed E-state index contributed by atoms with van der Waals surface area (Å²) in [6.45, 7) is 8.24. The zero-order valence-electron chi connectivity index (χ0n) is 18.1. The Balaban J connectivity index is 2.02. The second kappa shape index (κ2) is 10.7. The van der Waals surface area contributed by atoms with Crippen molar-refractivity contribution in [2.75, 3.05) is 18.1 Å². The van der Waals surface area contributed by atoms with Crippen molar-refractivity contribution in [2.45, 2.75) is 25.5 Å². The number of nitrogens with one attached hydrogen (secondary N) is 1. The summed E-state index contributed by atoms with van der Waals surface area (Å²) in [4.78, 5) is 27.6. The van der Waals surface area contributed by atoms with Gasteiger partial charge in [0.25, 0.3) is 5.91 Å². The van der Waals surface area contributed by atoms with E-state index in [1.807, 2.05) is 44.2 Å². The third-order valence-electron chi connectivity index (χ3n) is 4.98. The summed E-state index contributed by atoms with van der Waals surface area (Å²) < 4.78 is 5.50. The van der Waals surface area contributed by atoms with Crippen molar-refractivity contribution >= 4 is 29.3 Å². The molecule has 32 heavy (non-hydrogen) atoms. The van der Waals surface area contributed by atoms with Gasteiger partial charge in [-0.2, -0.15) is 5.26 Å². The van der Waals surface area contributed by atoms with Crippen molar-refractivity contribution in [3.63, 3.8) is 0 Å². The van der Waals surface area contributed by atoms with Gasteiger partial charge in [0.2, 0.25) is 5.91 Å². The van der Waals surface area contributed by atoms with Crippen LogP contribution in [0.5, 0.6) is 5.75 Å². The Morgan fingerprint density at radius 1 is 1.28 bits per heavy atom. The number of nitriles is 1. The molecule has 0 spiro atoms.